The smallest absolute Gasteiger partial charge is 0.306 e. The number of sulfonamides is 1. The number of nitro groups is 1. The lowest BCUT2D eigenvalue weighted by atomic mass is 10.2. The van der Waals surface area contributed by atoms with Crippen molar-refractivity contribution in [3.8, 4) is 0 Å². The molecule has 21 heavy (non-hydrogen) atoms. The fourth-order valence-corrected chi connectivity index (χ4v) is 2.89. The fraction of sp³-hybridized carbons (Fsp3) is 0.182. The molecule has 112 valence electrons. The second kappa shape index (κ2) is 5.58. The Bertz CT molecular complexity index is 773. The van der Waals surface area contributed by atoms with Crippen LogP contribution in [0.1, 0.15) is 11.3 Å². The Morgan fingerprint density at radius 2 is 2.19 bits per heavy atom. The van der Waals surface area contributed by atoms with Crippen LogP contribution in [0.3, 0.4) is 0 Å². The van der Waals surface area contributed by atoms with Gasteiger partial charge in [0.1, 0.15) is 6.26 Å². The minimum atomic E-state index is -4.04. The van der Waals surface area contributed by atoms with Gasteiger partial charge in [-0.3, -0.25) is 10.1 Å². The molecule has 10 heteroatoms. The summed E-state index contributed by atoms with van der Waals surface area (Å²) in [6, 6.07) is 2.96. The molecule has 0 radical (unpaired) electrons. The molecule has 1 N–H and O–H groups in total. The van der Waals surface area contributed by atoms with E-state index in [9.17, 15) is 22.9 Å². The first-order valence-corrected chi connectivity index (χ1v) is 7.13. The highest BCUT2D eigenvalue weighted by Crippen LogP contribution is 2.25. The number of nitro benzene ring substituents is 1. The number of hydrogen-bond donors (Lipinski definition) is 1. The maximum absolute atomic E-state index is 13.4. The van der Waals surface area contributed by atoms with E-state index in [4.69, 9.17) is 0 Å². The van der Waals surface area contributed by atoms with Gasteiger partial charge in [-0.1, -0.05) is 5.16 Å². The monoisotopic (exact) mass is 315 g/mol. The molecule has 2 aromatic rings. The van der Waals surface area contributed by atoms with Crippen molar-refractivity contribution in [3.05, 3.63) is 51.7 Å². The quantitative estimate of drug-likeness (QED) is 0.660. The number of nitrogens with one attached hydrogen (secondary N) is 1. The Hall–Kier alpha value is -2.33. The summed E-state index contributed by atoms with van der Waals surface area (Å²) in [5.74, 6) is -1.09. The summed E-state index contributed by atoms with van der Waals surface area (Å²) in [6.45, 7) is 1.20. The molecule has 0 fully saturated rings. The van der Waals surface area contributed by atoms with Crippen molar-refractivity contribution in [3.63, 3.8) is 0 Å². The summed E-state index contributed by atoms with van der Waals surface area (Å²) in [5, 5.41) is 14.2. The third kappa shape index (κ3) is 3.23. The largest absolute Gasteiger partial charge is 0.364 e. The molecule has 0 unspecified atom stereocenters. The van der Waals surface area contributed by atoms with Crippen molar-refractivity contribution in [1.82, 2.24) is 9.88 Å². The SMILES string of the molecule is Cc1cc(F)c([N+](=O)[O-])cc1S(=O)(=O)NCc1ccon1. The highest BCUT2D eigenvalue weighted by molar-refractivity contribution is 7.89. The zero-order valence-electron chi connectivity index (χ0n) is 10.7. The molecule has 1 heterocycles. The molecule has 0 aliphatic heterocycles. The molecule has 0 atom stereocenters. The molecule has 0 spiro atoms. The normalized spacial score (nSPS) is 11.5. The Labute approximate surface area is 118 Å². The zero-order chi connectivity index (χ0) is 15.6. The predicted molar refractivity (Wildman–Crippen MR) is 68.3 cm³/mol. The minimum Gasteiger partial charge on any atom is -0.364 e. The number of aromatic nitrogens is 1. The molecule has 1 aromatic heterocycles. The van der Waals surface area contributed by atoms with E-state index in [1.165, 1.54) is 19.3 Å². The van der Waals surface area contributed by atoms with E-state index in [2.05, 4.69) is 14.4 Å². The van der Waals surface area contributed by atoms with E-state index < -0.39 is 26.5 Å². The van der Waals surface area contributed by atoms with Crippen LogP contribution in [0.15, 0.2) is 33.9 Å². The van der Waals surface area contributed by atoms with E-state index >= 15 is 0 Å². The van der Waals surface area contributed by atoms with Gasteiger partial charge in [-0.05, 0) is 18.6 Å². The van der Waals surface area contributed by atoms with E-state index in [0.717, 1.165) is 6.07 Å². The Morgan fingerprint density at radius 3 is 2.76 bits per heavy atom. The van der Waals surface area contributed by atoms with Crippen LogP contribution in [-0.2, 0) is 16.6 Å². The molecular formula is C11H10FN3O5S. The summed E-state index contributed by atoms with van der Waals surface area (Å²) in [7, 11) is -4.04. The topological polar surface area (TPSA) is 115 Å². The number of aryl methyl sites for hydroxylation is 1. The van der Waals surface area contributed by atoms with Gasteiger partial charge in [0, 0.05) is 12.1 Å². The Morgan fingerprint density at radius 1 is 1.48 bits per heavy atom. The maximum atomic E-state index is 13.4. The van der Waals surface area contributed by atoms with Gasteiger partial charge in [-0.25, -0.2) is 13.1 Å². The second-order valence-corrected chi connectivity index (χ2v) is 5.88. The Balaban J connectivity index is 2.35. The maximum Gasteiger partial charge on any atom is 0.306 e. The van der Waals surface area contributed by atoms with Crippen molar-refractivity contribution in [2.24, 2.45) is 0 Å². The molecule has 0 bridgehead atoms. The van der Waals surface area contributed by atoms with E-state index in [0.29, 0.717) is 11.8 Å². The Kier molecular flexibility index (Phi) is 4.00. The predicted octanol–water partition coefficient (Wildman–Crippen LogP) is 1.51. The molecule has 0 saturated carbocycles. The molecule has 0 amide bonds. The van der Waals surface area contributed by atoms with Crippen LogP contribution < -0.4 is 4.72 Å². The first-order chi connectivity index (χ1) is 9.81. The number of hydrogen-bond acceptors (Lipinski definition) is 6. The molecule has 1 aromatic carbocycles. The molecule has 2 rings (SSSR count). The number of halogens is 1. The zero-order valence-corrected chi connectivity index (χ0v) is 11.6. The third-order valence-corrected chi connectivity index (χ3v) is 4.21. The average molecular weight is 315 g/mol. The van der Waals surface area contributed by atoms with E-state index in [1.54, 1.807) is 0 Å². The molecule has 0 saturated heterocycles. The third-order valence-electron chi connectivity index (χ3n) is 2.67. The van der Waals surface area contributed by atoms with Crippen molar-refractivity contribution < 1.29 is 22.3 Å². The van der Waals surface area contributed by atoms with Gasteiger partial charge in [-0.15, -0.1) is 0 Å². The molecule has 0 aliphatic carbocycles. The van der Waals surface area contributed by atoms with Crippen molar-refractivity contribution in [1.29, 1.82) is 0 Å². The van der Waals surface area contributed by atoms with Gasteiger partial charge in [-0.2, -0.15) is 4.39 Å². The van der Waals surface area contributed by atoms with Gasteiger partial charge >= 0.3 is 5.69 Å². The number of nitrogens with zero attached hydrogens (tertiary/aromatic N) is 2. The second-order valence-electron chi connectivity index (χ2n) is 4.14. The van der Waals surface area contributed by atoms with Crippen LogP contribution >= 0.6 is 0 Å². The number of rotatable bonds is 5. The summed E-state index contributed by atoms with van der Waals surface area (Å²) >= 11 is 0. The fourth-order valence-electron chi connectivity index (χ4n) is 1.65. The van der Waals surface area contributed by atoms with Crippen LogP contribution in [0.2, 0.25) is 0 Å². The first-order valence-electron chi connectivity index (χ1n) is 5.65. The van der Waals surface area contributed by atoms with Crippen molar-refractivity contribution >= 4 is 15.7 Å². The highest BCUT2D eigenvalue weighted by Gasteiger charge is 2.24. The summed E-state index contributed by atoms with van der Waals surface area (Å²) < 4.78 is 44.4. The van der Waals surface area contributed by atoms with E-state index in [1.807, 2.05) is 0 Å². The van der Waals surface area contributed by atoms with Gasteiger partial charge in [0.15, 0.2) is 0 Å². The average Bonchev–Trinajstić information content (AvgIpc) is 2.88. The van der Waals surface area contributed by atoms with Crippen LogP contribution in [0.4, 0.5) is 10.1 Å². The van der Waals surface area contributed by atoms with Crippen LogP contribution in [-0.4, -0.2) is 18.5 Å². The highest BCUT2D eigenvalue weighted by atomic mass is 32.2. The summed E-state index contributed by atoms with van der Waals surface area (Å²) in [4.78, 5) is 9.34. The lowest BCUT2D eigenvalue weighted by Crippen LogP contribution is -2.24. The van der Waals surface area contributed by atoms with E-state index in [-0.39, 0.29) is 17.0 Å². The van der Waals surface area contributed by atoms with Crippen molar-refractivity contribution in [2.75, 3.05) is 0 Å². The standard InChI is InChI=1S/C11H10FN3O5S/c1-7-4-9(12)10(15(16)17)5-11(7)21(18,19)13-6-8-2-3-20-14-8/h2-5,13H,6H2,1H3. The lowest BCUT2D eigenvalue weighted by Gasteiger charge is -2.08. The van der Waals surface area contributed by atoms with Crippen LogP contribution in [0.5, 0.6) is 0 Å². The van der Waals surface area contributed by atoms with Crippen molar-refractivity contribution in [2.45, 2.75) is 18.4 Å². The number of benzene rings is 1. The minimum absolute atomic E-state index is 0.0609. The van der Waals surface area contributed by atoms with Gasteiger partial charge in [0.2, 0.25) is 15.8 Å². The summed E-state index contributed by atoms with van der Waals surface area (Å²) in [5.41, 5.74) is -0.499. The molecular weight excluding hydrogens is 305 g/mol. The van der Waals surface area contributed by atoms with Gasteiger partial charge < -0.3 is 4.52 Å². The van der Waals surface area contributed by atoms with Gasteiger partial charge in [0.05, 0.1) is 22.1 Å². The van der Waals surface area contributed by atoms with Crippen LogP contribution in [0, 0.1) is 22.9 Å². The molecule has 0 aliphatic rings. The lowest BCUT2D eigenvalue weighted by molar-refractivity contribution is -0.387. The van der Waals surface area contributed by atoms with Gasteiger partial charge in [0.25, 0.3) is 0 Å². The molecule has 8 nitrogen and oxygen atoms in total. The summed E-state index contributed by atoms with van der Waals surface area (Å²) in [6.07, 6.45) is 1.28. The van der Waals surface area contributed by atoms with Crippen LogP contribution in [0.25, 0.3) is 0 Å². The first kappa shape index (κ1) is 15.1.